The zero-order chi connectivity index (χ0) is 7.40. The van der Waals surface area contributed by atoms with Crippen molar-refractivity contribution < 1.29 is 0 Å². The molecule has 0 spiro atoms. The maximum Gasteiger partial charge on any atom is 0.100 e. The van der Waals surface area contributed by atoms with Crippen LogP contribution in [0.3, 0.4) is 0 Å². The second-order valence-electron chi connectivity index (χ2n) is 1.73. The smallest absolute Gasteiger partial charge is 0.100 e. The zero-order valence-corrected chi connectivity index (χ0v) is 6.40. The number of rotatable bonds is 1. The molecule has 0 atom stereocenters. The molecule has 0 aliphatic rings. The Balaban J connectivity index is 3.12. The second kappa shape index (κ2) is 3.28. The predicted octanol–water partition coefficient (Wildman–Crippen LogP) is 2.08. The highest BCUT2D eigenvalue weighted by Gasteiger charge is 1.96. The van der Waals surface area contributed by atoms with Crippen LogP contribution in [0.25, 0.3) is 0 Å². The molecule has 0 aliphatic heterocycles. The van der Waals surface area contributed by atoms with Gasteiger partial charge in [0.2, 0.25) is 0 Å². The SMILES string of the molecule is CSc1[c]cccc1C#N. The van der Waals surface area contributed by atoms with Gasteiger partial charge in [0.05, 0.1) is 5.56 Å². The van der Waals surface area contributed by atoms with E-state index in [1.807, 2.05) is 18.4 Å². The van der Waals surface area contributed by atoms with Crippen LogP contribution in [0.4, 0.5) is 0 Å². The van der Waals surface area contributed by atoms with Crippen LogP contribution in [-0.2, 0) is 0 Å². The summed E-state index contributed by atoms with van der Waals surface area (Å²) in [5, 5.41) is 8.57. The second-order valence-corrected chi connectivity index (χ2v) is 2.55. The maximum absolute atomic E-state index is 8.57. The monoisotopic (exact) mass is 148 g/mol. The molecular weight excluding hydrogens is 142 g/mol. The molecule has 0 unspecified atom stereocenters. The molecule has 0 bridgehead atoms. The standard InChI is InChI=1S/C8H6NS/c1-10-8-5-3-2-4-7(8)6-9/h2-4H,1H3. The molecule has 2 heteroatoms. The topological polar surface area (TPSA) is 23.8 Å². The van der Waals surface area contributed by atoms with Crippen LogP contribution >= 0.6 is 11.8 Å². The average molecular weight is 148 g/mol. The van der Waals surface area contributed by atoms with Gasteiger partial charge in [-0.05, 0) is 18.4 Å². The van der Waals surface area contributed by atoms with Crippen LogP contribution in [-0.4, -0.2) is 6.26 Å². The average Bonchev–Trinajstić information content (AvgIpc) is 2.04. The van der Waals surface area contributed by atoms with Gasteiger partial charge in [0.1, 0.15) is 6.07 Å². The van der Waals surface area contributed by atoms with E-state index in [0.29, 0.717) is 5.56 Å². The summed E-state index contributed by atoms with van der Waals surface area (Å²) >= 11 is 1.54. The van der Waals surface area contributed by atoms with E-state index in [4.69, 9.17) is 5.26 Å². The Morgan fingerprint density at radius 2 is 2.50 bits per heavy atom. The Hall–Kier alpha value is -0.940. The molecule has 1 aromatic carbocycles. The lowest BCUT2D eigenvalue weighted by Gasteiger charge is -1.94. The molecule has 0 aromatic heterocycles. The van der Waals surface area contributed by atoms with Crippen LogP contribution in [0.5, 0.6) is 0 Å². The summed E-state index contributed by atoms with van der Waals surface area (Å²) in [5.74, 6) is 0. The molecule has 0 saturated carbocycles. The van der Waals surface area contributed by atoms with E-state index in [9.17, 15) is 0 Å². The lowest BCUT2D eigenvalue weighted by Crippen LogP contribution is -1.77. The van der Waals surface area contributed by atoms with Crippen molar-refractivity contribution in [3.05, 3.63) is 29.8 Å². The van der Waals surface area contributed by atoms with E-state index < -0.39 is 0 Å². The minimum absolute atomic E-state index is 0.704. The van der Waals surface area contributed by atoms with Crippen LogP contribution < -0.4 is 0 Å². The van der Waals surface area contributed by atoms with Gasteiger partial charge >= 0.3 is 0 Å². The van der Waals surface area contributed by atoms with Gasteiger partial charge in [-0.25, -0.2) is 0 Å². The van der Waals surface area contributed by atoms with Crippen LogP contribution in [0.1, 0.15) is 5.56 Å². The van der Waals surface area contributed by atoms with Gasteiger partial charge in [-0.1, -0.05) is 12.1 Å². The number of nitrogens with zero attached hydrogens (tertiary/aromatic N) is 1. The number of nitriles is 1. The molecule has 0 fully saturated rings. The maximum atomic E-state index is 8.57. The summed E-state index contributed by atoms with van der Waals surface area (Å²) in [6, 6.07) is 10.5. The molecular formula is C8H6NS. The Labute approximate surface area is 64.7 Å². The van der Waals surface area contributed by atoms with Crippen molar-refractivity contribution in [3.63, 3.8) is 0 Å². The largest absolute Gasteiger partial charge is 0.192 e. The fourth-order valence-electron chi connectivity index (χ4n) is 0.678. The summed E-state index contributed by atoms with van der Waals surface area (Å²) in [6.07, 6.45) is 1.94. The number of hydrogen-bond acceptors (Lipinski definition) is 2. The lowest BCUT2D eigenvalue weighted by molar-refractivity contribution is 1.36. The van der Waals surface area contributed by atoms with E-state index in [1.54, 1.807) is 17.8 Å². The Bertz CT molecular complexity index is 262. The quantitative estimate of drug-likeness (QED) is 0.569. The van der Waals surface area contributed by atoms with E-state index in [-0.39, 0.29) is 0 Å². The molecule has 10 heavy (non-hydrogen) atoms. The van der Waals surface area contributed by atoms with Gasteiger partial charge in [0.25, 0.3) is 0 Å². The first-order valence-electron chi connectivity index (χ1n) is 2.83. The molecule has 1 radical (unpaired) electrons. The highest BCUT2D eigenvalue weighted by atomic mass is 32.2. The molecule has 1 nitrogen and oxygen atoms in total. The van der Waals surface area contributed by atoms with Crippen molar-refractivity contribution in [1.82, 2.24) is 0 Å². The van der Waals surface area contributed by atoms with Crippen molar-refractivity contribution >= 4 is 11.8 Å². The van der Waals surface area contributed by atoms with Crippen molar-refractivity contribution in [2.75, 3.05) is 6.26 Å². The van der Waals surface area contributed by atoms with Crippen LogP contribution in [0, 0.1) is 17.4 Å². The number of benzene rings is 1. The summed E-state index contributed by atoms with van der Waals surface area (Å²) in [7, 11) is 0. The van der Waals surface area contributed by atoms with Gasteiger partial charge in [-0.15, -0.1) is 11.8 Å². The molecule has 0 aliphatic carbocycles. The molecule has 1 rings (SSSR count). The lowest BCUT2D eigenvalue weighted by atomic mass is 10.2. The molecule has 0 amide bonds. The van der Waals surface area contributed by atoms with Gasteiger partial charge in [-0.3, -0.25) is 0 Å². The molecule has 0 heterocycles. The number of thioether (sulfide) groups is 1. The van der Waals surface area contributed by atoms with E-state index in [0.717, 1.165) is 4.90 Å². The van der Waals surface area contributed by atoms with Gasteiger partial charge in [0.15, 0.2) is 0 Å². The van der Waals surface area contributed by atoms with Crippen molar-refractivity contribution in [2.45, 2.75) is 4.90 Å². The zero-order valence-electron chi connectivity index (χ0n) is 5.59. The highest BCUT2D eigenvalue weighted by Crippen LogP contribution is 2.17. The Morgan fingerprint density at radius 3 is 3.00 bits per heavy atom. The number of hydrogen-bond donors (Lipinski definition) is 0. The fraction of sp³-hybridized carbons (Fsp3) is 0.125. The van der Waals surface area contributed by atoms with Crippen molar-refractivity contribution in [2.24, 2.45) is 0 Å². The Morgan fingerprint density at radius 1 is 1.70 bits per heavy atom. The van der Waals surface area contributed by atoms with Crippen molar-refractivity contribution in [1.29, 1.82) is 5.26 Å². The van der Waals surface area contributed by atoms with Crippen LogP contribution in [0.2, 0.25) is 0 Å². The molecule has 1 aromatic rings. The third-order valence-electron chi connectivity index (χ3n) is 1.14. The van der Waals surface area contributed by atoms with Crippen molar-refractivity contribution in [3.8, 4) is 6.07 Å². The van der Waals surface area contributed by atoms with Gasteiger partial charge in [-0.2, -0.15) is 5.26 Å². The third-order valence-corrected chi connectivity index (χ3v) is 1.89. The summed E-state index contributed by atoms with van der Waals surface area (Å²) in [6.45, 7) is 0. The van der Waals surface area contributed by atoms with E-state index in [2.05, 4.69) is 12.1 Å². The summed E-state index contributed by atoms with van der Waals surface area (Å²) in [5.41, 5.74) is 0.704. The normalized spacial score (nSPS) is 8.80. The molecule has 0 saturated heterocycles. The molecule has 0 N–H and O–H groups in total. The minimum atomic E-state index is 0.704. The first kappa shape index (κ1) is 7.17. The predicted molar refractivity (Wildman–Crippen MR) is 41.8 cm³/mol. The third kappa shape index (κ3) is 1.31. The highest BCUT2D eigenvalue weighted by molar-refractivity contribution is 7.98. The van der Waals surface area contributed by atoms with Gasteiger partial charge < -0.3 is 0 Å². The van der Waals surface area contributed by atoms with Gasteiger partial charge in [0, 0.05) is 4.90 Å². The van der Waals surface area contributed by atoms with E-state index >= 15 is 0 Å². The Kier molecular flexibility index (Phi) is 2.35. The fourth-order valence-corrected chi connectivity index (χ4v) is 1.20. The summed E-state index contributed by atoms with van der Waals surface area (Å²) in [4.78, 5) is 0.921. The molecule has 49 valence electrons. The first-order valence-corrected chi connectivity index (χ1v) is 4.05. The minimum Gasteiger partial charge on any atom is -0.192 e. The van der Waals surface area contributed by atoms with Crippen LogP contribution in [0.15, 0.2) is 23.1 Å². The summed E-state index contributed by atoms with van der Waals surface area (Å²) < 4.78 is 0. The van der Waals surface area contributed by atoms with E-state index in [1.165, 1.54) is 0 Å². The first-order chi connectivity index (χ1) is 4.88.